The number of ether oxygens (including phenoxy) is 1. The molecule has 2 aliphatic rings. The van der Waals surface area contributed by atoms with Crippen LogP contribution in [0.1, 0.15) is 54.5 Å². The van der Waals surface area contributed by atoms with Crippen molar-refractivity contribution in [2.24, 2.45) is 4.99 Å². The van der Waals surface area contributed by atoms with Gasteiger partial charge in [-0.2, -0.15) is 13.2 Å². The lowest BCUT2D eigenvalue weighted by Crippen LogP contribution is -2.15. The fourth-order valence-electron chi connectivity index (χ4n) is 4.30. The van der Waals surface area contributed by atoms with E-state index in [2.05, 4.69) is 28.3 Å². The minimum Gasteiger partial charge on any atom is -0.493 e. The molecule has 0 atom stereocenters. The van der Waals surface area contributed by atoms with E-state index in [0.29, 0.717) is 17.2 Å². The Morgan fingerprint density at radius 2 is 1.89 bits per heavy atom. The van der Waals surface area contributed by atoms with Crippen molar-refractivity contribution in [3.63, 3.8) is 0 Å². The maximum absolute atomic E-state index is 13.6. The second-order valence-electron chi connectivity index (χ2n) is 8.86. The molecule has 0 bridgehead atoms. The van der Waals surface area contributed by atoms with E-state index >= 15 is 0 Å². The third kappa shape index (κ3) is 4.78. The smallest absolute Gasteiger partial charge is 0.420 e. The van der Waals surface area contributed by atoms with Crippen molar-refractivity contribution in [2.45, 2.75) is 45.2 Å². The molecule has 5 nitrogen and oxygen atoms in total. The monoisotopic (exact) mass is 479 g/mol. The summed E-state index contributed by atoms with van der Waals surface area (Å²) in [4.78, 5) is 21.8. The van der Waals surface area contributed by atoms with Crippen LogP contribution >= 0.6 is 0 Å². The van der Waals surface area contributed by atoms with E-state index in [9.17, 15) is 18.0 Å². The van der Waals surface area contributed by atoms with Crippen molar-refractivity contribution in [3.05, 3.63) is 71.0 Å². The third-order valence-electron chi connectivity index (χ3n) is 6.20. The van der Waals surface area contributed by atoms with Crippen LogP contribution in [0.5, 0.6) is 5.75 Å². The van der Waals surface area contributed by atoms with Gasteiger partial charge in [-0.3, -0.25) is 9.78 Å². The number of rotatable bonds is 5. The lowest BCUT2D eigenvalue weighted by molar-refractivity contribution is -0.138. The highest BCUT2D eigenvalue weighted by Gasteiger charge is 2.36. The fraction of sp³-hybridized carbons (Fsp3) is 0.296. The van der Waals surface area contributed by atoms with Gasteiger partial charge in [-0.15, -0.1) is 0 Å². The molecular formula is C27H24F3N3O2. The summed E-state index contributed by atoms with van der Waals surface area (Å²) in [5.74, 6) is -0.187. The van der Waals surface area contributed by atoms with Crippen LogP contribution in [0.4, 0.5) is 24.5 Å². The molecule has 2 heterocycles. The van der Waals surface area contributed by atoms with Crippen molar-refractivity contribution < 1.29 is 22.7 Å². The molecule has 2 aromatic carbocycles. The summed E-state index contributed by atoms with van der Waals surface area (Å²) in [7, 11) is 0. The number of carbonyl (C=O) groups is 1. The number of aromatic nitrogens is 1. The summed E-state index contributed by atoms with van der Waals surface area (Å²) < 4.78 is 45.9. The molecule has 0 spiro atoms. The van der Waals surface area contributed by atoms with Crippen molar-refractivity contribution in [1.29, 1.82) is 0 Å². The van der Waals surface area contributed by atoms with Crippen molar-refractivity contribution in [2.75, 3.05) is 11.9 Å². The first kappa shape index (κ1) is 23.1. The lowest BCUT2D eigenvalue weighted by atomic mass is 9.97. The Hall–Kier alpha value is -3.68. The number of nitrogens with one attached hydrogen (secondary N) is 1. The Labute approximate surface area is 201 Å². The molecule has 180 valence electrons. The van der Waals surface area contributed by atoms with E-state index in [1.165, 1.54) is 18.9 Å². The molecule has 1 aliphatic heterocycles. The standard InChI is InChI=1S/C27H24F3N3O2/c1-3-35-25-12-24-23(11-20(25)27(28,29)30)33-26(34)13-22(32-24)18-6-4-5-17(10-18)19-14-31-21(9-15(19)2)16-7-8-16/h4-6,9-12,14,16H,3,7-8,13H2,1-2H3,(H,33,34). The van der Waals surface area contributed by atoms with E-state index in [1.807, 2.05) is 30.5 Å². The largest absolute Gasteiger partial charge is 0.493 e. The molecule has 8 heteroatoms. The molecule has 1 aromatic heterocycles. The number of amides is 1. The number of carbonyl (C=O) groups excluding carboxylic acids is 1. The molecule has 1 amide bonds. The first-order chi connectivity index (χ1) is 16.7. The maximum Gasteiger partial charge on any atom is 0.420 e. The minimum atomic E-state index is -4.63. The number of nitrogens with zero attached hydrogens (tertiary/aromatic N) is 2. The number of hydrogen-bond donors (Lipinski definition) is 1. The van der Waals surface area contributed by atoms with Gasteiger partial charge in [0.25, 0.3) is 0 Å². The molecule has 1 aliphatic carbocycles. The van der Waals surface area contributed by atoms with Crippen LogP contribution < -0.4 is 10.1 Å². The summed E-state index contributed by atoms with van der Waals surface area (Å²) in [6.07, 6.45) is -0.452. The molecule has 0 radical (unpaired) electrons. The van der Waals surface area contributed by atoms with E-state index in [4.69, 9.17) is 4.74 Å². The van der Waals surface area contributed by atoms with Gasteiger partial charge in [0.15, 0.2) is 0 Å². The number of fused-ring (bicyclic) bond motifs is 1. The van der Waals surface area contributed by atoms with Crippen LogP contribution in [0.15, 0.2) is 53.7 Å². The maximum atomic E-state index is 13.6. The lowest BCUT2D eigenvalue weighted by Gasteiger charge is -2.16. The van der Waals surface area contributed by atoms with Gasteiger partial charge in [-0.25, -0.2) is 4.99 Å². The predicted molar refractivity (Wildman–Crippen MR) is 128 cm³/mol. The Balaban J connectivity index is 1.56. The Morgan fingerprint density at radius 3 is 2.57 bits per heavy atom. The average molecular weight is 480 g/mol. The van der Waals surface area contributed by atoms with Crippen LogP contribution in [-0.2, 0) is 11.0 Å². The summed E-state index contributed by atoms with van der Waals surface area (Å²) in [5, 5.41) is 2.56. The Morgan fingerprint density at radius 1 is 1.11 bits per heavy atom. The van der Waals surface area contributed by atoms with Crippen molar-refractivity contribution >= 4 is 23.0 Å². The zero-order valence-corrected chi connectivity index (χ0v) is 19.4. The first-order valence-electron chi connectivity index (χ1n) is 11.6. The van der Waals surface area contributed by atoms with E-state index in [0.717, 1.165) is 28.5 Å². The normalized spacial score (nSPS) is 15.7. The third-order valence-corrected chi connectivity index (χ3v) is 6.20. The second kappa shape index (κ2) is 8.83. The minimum absolute atomic E-state index is 0.00708. The van der Waals surface area contributed by atoms with Crippen LogP contribution in [0.2, 0.25) is 0 Å². The average Bonchev–Trinajstić information content (AvgIpc) is 3.65. The summed E-state index contributed by atoms with van der Waals surface area (Å²) in [6.45, 7) is 3.73. The molecule has 3 aromatic rings. The zero-order valence-electron chi connectivity index (χ0n) is 19.4. The van der Waals surface area contributed by atoms with Crippen molar-refractivity contribution in [1.82, 2.24) is 4.98 Å². The van der Waals surface area contributed by atoms with Gasteiger partial charge in [-0.1, -0.05) is 18.2 Å². The van der Waals surface area contributed by atoms with Gasteiger partial charge >= 0.3 is 6.18 Å². The van der Waals surface area contributed by atoms with Gasteiger partial charge in [0.05, 0.1) is 35.7 Å². The number of pyridine rings is 1. The second-order valence-corrected chi connectivity index (χ2v) is 8.86. The number of alkyl halides is 3. The zero-order chi connectivity index (χ0) is 24.7. The number of halogens is 3. The SMILES string of the molecule is CCOc1cc2c(cc1C(F)(F)F)NC(=O)CC(c1cccc(-c3cnc(C4CC4)cc3C)c1)=N2. The van der Waals surface area contributed by atoms with Crippen LogP contribution in [-0.4, -0.2) is 23.2 Å². The number of aryl methyl sites for hydroxylation is 1. The fourth-order valence-corrected chi connectivity index (χ4v) is 4.30. The number of aliphatic imine (C=N–C) groups is 1. The molecule has 35 heavy (non-hydrogen) atoms. The number of benzene rings is 2. The van der Waals surface area contributed by atoms with E-state index in [1.54, 1.807) is 6.92 Å². The number of anilines is 1. The molecule has 1 N–H and O–H groups in total. The van der Waals surface area contributed by atoms with Gasteiger partial charge in [-0.05, 0) is 61.6 Å². The van der Waals surface area contributed by atoms with Crippen LogP contribution in [0.25, 0.3) is 11.1 Å². The topological polar surface area (TPSA) is 63.6 Å². The van der Waals surface area contributed by atoms with Crippen LogP contribution in [0.3, 0.4) is 0 Å². The Bertz CT molecular complexity index is 1340. The molecule has 1 saturated carbocycles. The van der Waals surface area contributed by atoms with Gasteiger partial charge in [0, 0.05) is 29.4 Å². The summed E-state index contributed by atoms with van der Waals surface area (Å²) in [5.41, 5.74) is 4.62. The molecule has 5 rings (SSSR count). The quantitative estimate of drug-likeness (QED) is 0.437. The highest BCUT2D eigenvalue weighted by Crippen LogP contribution is 2.43. The first-order valence-corrected chi connectivity index (χ1v) is 11.6. The van der Waals surface area contributed by atoms with E-state index < -0.39 is 17.6 Å². The van der Waals surface area contributed by atoms with Gasteiger partial charge in [0.2, 0.25) is 5.91 Å². The Kier molecular flexibility index (Phi) is 5.83. The molecule has 0 unspecified atom stereocenters. The highest BCUT2D eigenvalue weighted by molar-refractivity contribution is 6.17. The van der Waals surface area contributed by atoms with E-state index in [-0.39, 0.29) is 30.2 Å². The van der Waals surface area contributed by atoms with Gasteiger partial charge < -0.3 is 10.1 Å². The summed E-state index contributed by atoms with van der Waals surface area (Å²) >= 11 is 0. The van der Waals surface area contributed by atoms with Crippen molar-refractivity contribution in [3.8, 4) is 16.9 Å². The summed E-state index contributed by atoms with van der Waals surface area (Å²) in [6, 6.07) is 11.9. The van der Waals surface area contributed by atoms with Gasteiger partial charge in [0.1, 0.15) is 5.75 Å². The highest BCUT2D eigenvalue weighted by atomic mass is 19.4. The predicted octanol–water partition coefficient (Wildman–Crippen LogP) is 6.81. The molecule has 0 saturated heterocycles. The van der Waals surface area contributed by atoms with Crippen LogP contribution in [0, 0.1) is 6.92 Å². The molecule has 1 fully saturated rings. The molecular weight excluding hydrogens is 455 g/mol. The number of hydrogen-bond acceptors (Lipinski definition) is 4.